The van der Waals surface area contributed by atoms with Gasteiger partial charge in [-0.05, 0) is 24.6 Å². The molecule has 0 bridgehead atoms. The zero-order chi connectivity index (χ0) is 9.42. The van der Waals surface area contributed by atoms with Crippen molar-refractivity contribution >= 4 is 33.2 Å². The minimum absolute atomic E-state index is 0.481. The van der Waals surface area contributed by atoms with Crippen molar-refractivity contribution in [2.24, 2.45) is 5.73 Å². The summed E-state index contributed by atoms with van der Waals surface area (Å²) in [5, 5.41) is 1.65. The highest BCUT2D eigenvalue weighted by molar-refractivity contribution is 7.18. The molecule has 0 aliphatic rings. The Kier molecular flexibility index (Phi) is 2.24. The minimum atomic E-state index is 0.481. The zero-order valence-corrected chi connectivity index (χ0v) is 8.75. The fourth-order valence-corrected chi connectivity index (χ4v) is 2.59. The highest BCUT2D eigenvalue weighted by atomic mass is 35.5. The maximum atomic E-state index is 6.04. The summed E-state index contributed by atoms with van der Waals surface area (Å²) in [4.78, 5) is 4.33. The van der Waals surface area contributed by atoms with E-state index in [4.69, 9.17) is 17.3 Å². The van der Waals surface area contributed by atoms with Crippen LogP contribution in [0.1, 0.15) is 10.6 Å². The van der Waals surface area contributed by atoms with Gasteiger partial charge >= 0.3 is 0 Å². The van der Waals surface area contributed by atoms with E-state index in [0.717, 1.165) is 20.8 Å². The molecule has 0 amide bonds. The van der Waals surface area contributed by atoms with E-state index >= 15 is 0 Å². The quantitative estimate of drug-likeness (QED) is 0.790. The summed E-state index contributed by atoms with van der Waals surface area (Å²) in [5.41, 5.74) is 7.54. The summed E-state index contributed by atoms with van der Waals surface area (Å²) in [6.45, 7) is 2.50. The molecule has 0 aliphatic heterocycles. The number of rotatable bonds is 1. The standard InChI is InChI=1S/C9H9ClN2S/c1-5-2-6(10)9-7(3-5)13-8(4-11)12-9/h2-3H,4,11H2,1H3. The molecule has 13 heavy (non-hydrogen) atoms. The Labute approximate surface area is 85.3 Å². The Morgan fingerprint density at radius 2 is 2.31 bits per heavy atom. The molecule has 2 N–H and O–H groups in total. The summed E-state index contributed by atoms with van der Waals surface area (Å²) >= 11 is 7.64. The monoisotopic (exact) mass is 212 g/mol. The first-order chi connectivity index (χ1) is 6.20. The van der Waals surface area contributed by atoms with Crippen LogP contribution < -0.4 is 5.73 Å². The number of hydrogen-bond acceptors (Lipinski definition) is 3. The van der Waals surface area contributed by atoms with Crippen molar-refractivity contribution in [2.75, 3.05) is 0 Å². The average Bonchev–Trinajstić information content (AvgIpc) is 2.47. The molecule has 0 spiro atoms. The maximum Gasteiger partial charge on any atom is 0.107 e. The number of nitrogens with two attached hydrogens (primary N) is 1. The molecule has 68 valence electrons. The number of hydrogen-bond donors (Lipinski definition) is 1. The van der Waals surface area contributed by atoms with Gasteiger partial charge < -0.3 is 5.73 Å². The molecule has 0 fully saturated rings. The second-order valence-electron chi connectivity index (χ2n) is 2.91. The van der Waals surface area contributed by atoms with E-state index in [9.17, 15) is 0 Å². The SMILES string of the molecule is Cc1cc(Cl)c2nc(CN)sc2c1. The summed E-state index contributed by atoms with van der Waals surface area (Å²) < 4.78 is 1.12. The van der Waals surface area contributed by atoms with Crippen molar-refractivity contribution in [3.63, 3.8) is 0 Å². The van der Waals surface area contributed by atoms with Crippen LogP contribution in [0.4, 0.5) is 0 Å². The molecule has 1 aromatic heterocycles. The zero-order valence-electron chi connectivity index (χ0n) is 7.17. The molecular weight excluding hydrogens is 204 g/mol. The third kappa shape index (κ3) is 1.55. The first-order valence-corrected chi connectivity index (χ1v) is 5.16. The first kappa shape index (κ1) is 8.94. The lowest BCUT2D eigenvalue weighted by atomic mass is 10.2. The molecule has 0 unspecified atom stereocenters. The number of thiazole rings is 1. The predicted molar refractivity (Wildman–Crippen MR) is 57.3 cm³/mol. The van der Waals surface area contributed by atoms with E-state index in [-0.39, 0.29) is 0 Å². The maximum absolute atomic E-state index is 6.04. The molecule has 2 rings (SSSR count). The molecule has 0 saturated carbocycles. The number of aryl methyl sites for hydroxylation is 1. The third-order valence-electron chi connectivity index (χ3n) is 1.81. The van der Waals surface area contributed by atoms with Gasteiger partial charge in [0.15, 0.2) is 0 Å². The summed E-state index contributed by atoms with van der Waals surface area (Å²) in [6.07, 6.45) is 0. The number of fused-ring (bicyclic) bond motifs is 1. The van der Waals surface area contributed by atoms with Gasteiger partial charge in [0.2, 0.25) is 0 Å². The van der Waals surface area contributed by atoms with Crippen LogP contribution in [0.3, 0.4) is 0 Å². The van der Waals surface area contributed by atoms with Crippen molar-refractivity contribution in [2.45, 2.75) is 13.5 Å². The van der Waals surface area contributed by atoms with Crippen LogP contribution >= 0.6 is 22.9 Å². The Morgan fingerprint density at radius 1 is 1.54 bits per heavy atom. The fraction of sp³-hybridized carbons (Fsp3) is 0.222. The molecule has 2 aromatic rings. The molecule has 0 saturated heterocycles. The van der Waals surface area contributed by atoms with Gasteiger partial charge in [0.1, 0.15) is 10.5 Å². The number of nitrogens with zero attached hydrogens (tertiary/aromatic N) is 1. The van der Waals surface area contributed by atoms with Crippen molar-refractivity contribution in [1.82, 2.24) is 4.98 Å². The second-order valence-corrected chi connectivity index (χ2v) is 4.43. The predicted octanol–water partition coefficient (Wildman–Crippen LogP) is 2.72. The van der Waals surface area contributed by atoms with Crippen molar-refractivity contribution in [3.05, 3.63) is 27.7 Å². The Hall–Kier alpha value is -0.640. The molecule has 4 heteroatoms. The fourth-order valence-electron chi connectivity index (χ4n) is 1.25. The lowest BCUT2D eigenvalue weighted by Gasteiger charge is -1.94. The van der Waals surface area contributed by atoms with Gasteiger partial charge in [0.05, 0.1) is 9.72 Å². The van der Waals surface area contributed by atoms with Gasteiger partial charge in [-0.25, -0.2) is 4.98 Å². The molecule has 1 aromatic carbocycles. The van der Waals surface area contributed by atoms with Crippen molar-refractivity contribution in [3.8, 4) is 0 Å². The van der Waals surface area contributed by atoms with Crippen LogP contribution in [-0.2, 0) is 6.54 Å². The lowest BCUT2D eigenvalue weighted by Crippen LogP contribution is -1.93. The van der Waals surface area contributed by atoms with Crippen LogP contribution in [0.5, 0.6) is 0 Å². The Bertz CT molecular complexity index is 450. The van der Waals surface area contributed by atoms with E-state index in [2.05, 4.69) is 11.1 Å². The van der Waals surface area contributed by atoms with Gasteiger partial charge in [-0.15, -0.1) is 11.3 Å². The van der Waals surface area contributed by atoms with Gasteiger partial charge in [0, 0.05) is 6.54 Å². The first-order valence-electron chi connectivity index (χ1n) is 3.96. The van der Waals surface area contributed by atoms with Crippen molar-refractivity contribution in [1.29, 1.82) is 0 Å². The average molecular weight is 213 g/mol. The highest BCUT2D eigenvalue weighted by Crippen LogP contribution is 2.29. The van der Waals surface area contributed by atoms with Crippen LogP contribution in [0, 0.1) is 6.92 Å². The van der Waals surface area contributed by atoms with E-state index in [1.165, 1.54) is 0 Å². The second kappa shape index (κ2) is 3.25. The van der Waals surface area contributed by atoms with Crippen molar-refractivity contribution < 1.29 is 0 Å². The van der Waals surface area contributed by atoms with Gasteiger partial charge in [-0.2, -0.15) is 0 Å². The molecule has 0 atom stereocenters. The minimum Gasteiger partial charge on any atom is -0.325 e. The molecule has 0 radical (unpaired) electrons. The summed E-state index contributed by atoms with van der Waals surface area (Å²) in [7, 11) is 0. The molecule has 0 aliphatic carbocycles. The van der Waals surface area contributed by atoms with Crippen LogP contribution in [0.15, 0.2) is 12.1 Å². The molecular formula is C9H9ClN2S. The van der Waals surface area contributed by atoms with Crippen LogP contribution in [0.25, 0.3) is 10.2 Å². The lowest BCUT2D eigenvalue weighted by molar-refractivity contribution is 1.05. The smallest absolute Gasteiger partial charge is 0.107 e. The van der Waals surface area contributed by atoms with Gasteiger partial charge in [-0.1, -0.05) is 11.6 Å². The number of aromatic nitrogens is 1. The molecule has 2 nitrogen and oxygen atoms in total. The largest absolute Gasteiger partial charge is 0.325 e. The number of benzene rings is 1. The van der Waals surface area contributed by atoms with E-state index in [1.807, 2.05) is 13.0 Å². The Balaban J connectivity index is 2.75. The van der Waals surface area contributed by atoms with E-state index in [0.29, 0.717) is 11.6 Å². The molecule has 1 heterocycles. The normalized spacial score (nSPS) is 11.0. The summed E-state index contributed by atoms with van der Waals surface area (Å²) in [6, 6.07) is 4.00. The van der Waals surface area contributed by atoms with E-state index in [1.54, 1.807) is 11.3 Å². The van der Waals surface area contributed by atoms with Gasteiger partial charge in [0.25, 0.3) is 0 Å². The van der Waals surface area contributed by atoms with Gasteiger partial charge in [-0.3, -0.25) is 0 Å². The van der Waals surface area contributed by atoms with Crippen LogP contribution in [0.2, 0.25) is 5.02 Å². The highest BCUT2D eigenvalue weighted by Gasteiger charge is 2.06. The van der Waals surface area contributed by atoms with Crippen LogP contribution in [-0.4, -0.2) is 4.98 Å². The third-order valence-corrected chi connectivity index (χ3v) is 3.12. The Morgan fingerprint density at radius 3 is 3.00 bits per heavy atom. The topological polar surface area (TPSA) is 38.9 Å². The van der Waals surface area contributed by atoms with E-state index < -0.39 is 0 Å². The summed E-state index contributed by atoms with van der Waals surface area (Å²) in [5.74, 6) is 0. The number of halogens is 1.